The Morgan fingerprint density at radius 2 is 2.19 bits per heavy atom. The predicted molar refractivity (Wildman–Crippen MR) is 85.0 cm³/mol. The van der Waals surface area contributed by atoms with Crippen molar-refractivity contribution < 1.29 is 9.72 Å². The van der Waals surface area contributed by atoms with Gasteiger partial charge in [-0.15, -0.1) is 0 Å². The number of nitro groups is 1. The molecular formula is C13H20N4O3S. The lowest BCUT2D eigenvalue weighted by molar-refractivity contribution is -0.385. The van der Waals surface area contributed by atoms with Crippen molar-refractivity contribution in [2.24, 2.45) is 0 Å². The molecule has 1 heterocycles. The van der Waals surface area contributed by atoms with Gasteiger partial charge in [-0.3, -0.25) is 14.9 Å². The molecule has 1 amide bonds. The Labute approximate surface area is 128 Å². The Morgan fingerprint density at radius 3 is 2.81 bits per heavy atom. The van der Waals surface area contributed by atoms with Gasteiger partial charge in [-0.1, -0.05) is 6.42 Å². The first-order valence-corrected chi connectivity index (χ1v) is 8.09. The Balaban J connectivity index is 2.61. The number of carbonyl (C=O) groups excluding carboxylic acids is 1. The van der Waals surface area contributed by atoms with Crippen LogP contribution in [-0.2, 0) is 0 Å². The largest absolute Gasteiger partial charge is 0.373 e. The number of aromatic nitrogens is 1. The van der Waals surface area contributed by atoms with Gasteiger partial charge < -0.3 is 10.6 Å². The molecule has 0 saturated carbocycles. The summed E-state index contributed by atoms with van der Waals surface area (Å²) in [7, 11) is 1.64. The molecule has 0 aromatic carbocycles. The highest BCUT2D eigenvalue weighted by Crippen LogP contribution is 2.19. The molecule has 21 heavy (non-hydrogen) atoms. The SMILES string of the molecule is CNc1cc(C(=O)NCCCCCSC)c([N+](=O)[O-])cn1. The molecule has 0 spiro atoms. The van der Waals surface area contributed by atoms with Gasteiger partial charge in [-0.25, -0.2) is 4.98 Å². The van der Waals surface area contributed by atoms with Crippen molar-refractivity contribution in [3.05, 3.63) is 27.9 Å². The van der Waals surface area contributed by atoms with Crippen molar-refractivity contribution in [1.82, 2.24) is 10.3 Å². The minimum Gasteiger partial charge on any atom is -0.373 e. The molecule has 0 saturated heterocycles. The third kappa shape index (κ3) is 5.58. The first-order valence-electron chi connectivity index (χ1n) is 6.69. The summed E-state index contributed by atoms with van der Waals surface area (Å²) < 4.78 is 0. The number of hydrogen-bond donors (Lipinski definition) is 2. The summed E-state index contributed by atoms with van der Waals surface area (Å²) in [5.41, 5.74) is -0.252. The van der Waals surface area contributed by atoms with Gasteiger partial charge in [0, 0.05) is 19.7 Å². The van der Waals surface area contributed by atoms with Crippen LogP contribution in [0.5, 0.6) is 0 Å². The quantitative estimate of drug-likeness (QED) is 0.412. The van der Waals surface area contributed by atoms with Crippen LogP contribution >= 0.6 is 11.8 Å². The van der Waals surface area contributed by atoms with Crippen molar-refractivity contribution in [3.8, 4) is 0 Å². The van der Waals surface area contributed by atoms with E-state index in [1.807, 2.05) is 0 Å². The van der Waals surface area contributed by atoms with E-state index in [0.717, 1.165) is 31.2 Å². The zero-order valence-electron chi connectivity index (χ0n) is 12.2. The molecule has 116 valence electrons. The van der Waals surface area contributed by atoms with Gasteiger partial charge in [0.2, 0.25) is 0 Å². The van der Waals surface area contributed by atoms with Crippen molar-refractivity contribution in [2.75, 3.05) is 30.9 Å². The third-order valence-electron chi connectivity index (χ3n) is 2.89. The van der Waals surface area contributed by atoms with E-state index in [1.54, 1.807) is 18.8 Å². The molecule has 1 rings (SSSR count). The number of anilines is 1. The molecule has 7 nitrogen and oxygen atoms in total. The Hall–Kier alpha value is -1.83. The van der Waals surface area contributed by atoms with E-state index in [0.29, 0.717) is 12.4 Å². The van der Waals surface area contributed by atoms with Crippen LogP contribution in [0.3, 0.4) is 0 Å². The molecule has 2 N–H and O–H groups in total. The lowest BCUT2D eigenvalue weighted by Crippen LogP contribution is -2.25. The number of pyridine rings is 1. The molecule has 0 fully saturated rings. The first kappa shape index (κ1) is 17.2. The van der Waals surface area contributed by atoms with Crippen molar-refractivity contribution >= 4 is 29.2 Å². The minimum absolute atomic E-state index is 0.0310. The highest BCUT2D eigenvalue weighted by molar-refractivity contribution is 7.98. The van der Waals surface area contributed by atoms with Crippen LogP contribution in [0, 0.1) is 10.1 Å². The van der Waals surface area contributed by atoms with E-state index in [2.05, 4.69) is 21.9 Å². The highest BCUT2D eigenvalue weighted by atomic mass is 32.2. The zero-order chi connectivity index (χ0) is 15.7. The highest BCUT2D eigenvalue weighted by Gasteiger charge is 2.21. The molecule has 0 aliphatic heterocycles. The van der Waals surface area contributed by atoms with E-state index in [-0.39, 0.29) is 11.3 Å². The minimum atomic E-state index is -0.597. The summed E-state index contributed by atoms with van der Waals surface area (Å²) in [5, 5.41) is 16.4. The fraction of sp³-hybridized carbons (Fsp3) is 0.538. The molecule has 1 aromatic heterocycles. The number of hydrogen-bond acceptors (Lipinski definition) is 6. The molecule has 0 atom stereocenters. The average Bonchev–Trinajstić information content (AvgIpc) is 2.49. The van der Waals surface area contributed by atoms with Crippen molar-refractivity contribution in [2.45, 2.75) is 19.3 Å². The smallest absolute Gasteiger partial charge is 0.300 e. The summed E-state index contributed by atoms with van der Waals surface area (Å²) in [5.74, 6) is 1.09. The number of nitrogens with zero attached hydrogens (tertiary/aromatic N) is 2. The van der Waals surface area contributed by atoms with Crippen LogP contribution in [0.4, 0.5) is 11.5 Å². The molecule has 1 aromatic rings. The standard InChI is InChI=1S/C13H20N4O3S/c1-14-12-8-10(11(9-16-12)17(19)20)13(18)15-6-4-3-5-7-21-2/h8-9H,3-7H2,1-2H3,(H,14,16)(H,15,18). The van der Waals surface area contributed by atoms with E-state index >= 15 is 0 Å². The number of carbonyl (C=O) groups is 1. The van der Waals surface area contributed by atoms with Gasteiger partial charge in [0.25, 0.3) is 11.6 Å². The number of thioether (sulfide) groups is 1. The molecular weight excluding hydrogens is 292 g/mol. The van der Waals surface area contributed by atoms with Gasteiger partial charge in [-0.05, 0) is 24.9 Å². The molecule has 0 aliphatic carbocycles. The van der Waals surface area contributed by atoms with Crippen LogP contribution in [0.15, 0.2) is 12.3 Å². The Bertz CT molecular complexity index is 496. The lowest BCUT2D eigenvalue weighted by atomic mass is 10.2. The fourth-order valence-corrected chi connectivity index (χ4v) is 2.25. The van der Waals surface area contributed by atoms with Gasteiger partial charge in [0.15, 0.2) is 0 Å². The second-order valence-electron chi connectivity index (χ2n) is 4.40. The van der Waals surface area contributed by atoms with E-state index in [9.17, 15) is 14.9 Å². The van der Waals surface area contributed by atoms with Gasteiger partial charge in [0.1, 0.15) is 17.6 Å². The summed E-state index contributed by atoms with van der Waals surface area (Å²) in [6.45, 7) is 0.515. The van der Waals surface area contributed by atoms with Crippen LogP contribution in [0.2, 0.25) is 0 Å². The van der Waals surface area contributed by atoms with Crippen LogP contribution in [0.25, 0.3) is 0 Å². The lowest BCUT2D eigenvalue weighted by Gasteiger charge is -2.07. The summed E-state index contributed by atoms with van der Waals surface area (Å²) in [4.78, 5) is 26.2. The monoisotopic (exact) mass is 312 g/mol. The van der Waals surface area contributed by atoms with E-state index in [4.69, 9.17) is 0 Å². The second-order valence-corrected chi connectivity index (χ2v) is 5.39. The van der Waals surface area contributed by atoms with Gasteiger partial charge in [-0.2, -0.15) is 11.8 Å². The maximum Gasteiger partial charge on any atom is 0.300 e. The van der Waals surface area contributed by atoms with Crippen molar-refractivity contribution in [1.29, 1.82) is 0 Å². The van der Waals surface area contributed by atoms with Gasteiger partial charge in [0.05, 0.1) is 4.92 Å². The second kappa shape index (κ2) is 9.17. The number of nitrogens with one attached hydrogen (secondary N) is 2. The molecule has 0 aliphatic rings. The number of unbranched alkanes of at least 4 members (excludes halogenated alkanes) is 2. The van der Waals surface area contributed by atoms with Gasteiger partial charge >= 0.3 is 0 Å². The first-order chi connectivity index (χ1) is 10.1. The Morgan fingerprint density at radius 1 is 1.43 bits per heavy atom. The number of rotatable bonds is 9. The summed E-state index contributed by atoms with van der Waals surface area (Å²) in [6.07, 6.45) is 6.16. The maximum atomic E-state index is 12.1. The van der Waals surface area contributed by atoms with Crippen molar-refractivity contribution in [3.63, 3.8) is 0 Å². The predicted octanol–water partition coefficient (Wildman–Crippen LogP) is 2.29. The third-order valence-corrected chi connectivity index (χ3v) is 3.59. The summed E-state index contributed by atoms with van der Waals surface area (Å²) >= 11 is 1.80. The summed E-state index contributed by atoms with van der Waals surface area (Å²) in [6, 6.07) is 1.39. The fourth-order valence-electron chi connectivity index (χ4n) is 1.76. The molecule has 0 unspecified atom stereocenters. The molecule has 0 radical (unpaired) electrons. The normalized spacial score (nSPS) is 10.2. The average molecular weight is 312 g/mol. The maximum absolute atomic E-state index is 12.1. The zero-order valence-corrected chi connectivity index (χ0v) is 13.0. The molecule has 8 heteroatoms. The molecule has 0 bridgehead atoms. The number of amides is 1. The Kier molecular flexibility index (Phi) is 7.52. The van der Waals surface area contributed by atoms with E-state index < -0.39 is 10.8 Å². The van der Waals surface area contributed by atoms with Crippen LogP contribution in [-0.4, -0.2) is 41.4 Å². The van der Waals surface area contributed by atoms with Crippen LogP contribution in [0.1, 0.15) is 29.6 Å². The van der Waals surface area contributed by atoms with Crippen LogP contribution < -0.4 is 10.6 Å². The van der Waals surface area contributed by atoms with E-state index in [1.165, 1.54) is 6.07 Å². The topological polar surface area (TPSA) is 97.2 Å².